The normalized spacial score (nSPS) is 10.1. The molecule has 0 fully saturated rings. The zero-order valence-corrected chi connectivity index (χ0v) is 10.2. The van der Waals surface area contributed by atoms with Gasteiger partial charge in [0.15, 0.2) is 0 Å². The van der Waals surface area contributed by atoms with Gasteiger partial charge < -0.3 is 16.0 Å². The van der Waals surface area contributed by atoms with Gasteiger partial charge in [0.05, 0.1) is 6.33 Å². The van der Waals surface area contributed by atoms with Crippen molar-refractivity contribution >= 4 is 27.7 Å². The average molecular weight is 289 g/mol. The standard InChI is InChI=1S/C9H13BrN4O2/c10-7-8(13-5-14-9(7)16)12-4-2-1-3-6(11)15/h5H,1-4H2,(H2,11,15)(H2,12,13,14,16). The number of nitrogens with one attached hydrogen (secondary N) is 2. The van der Waals surface area contributed by atoms with Gasteiger partial charge in [-0.3, -0.25) is 9.59 Å². The molecule has 0 aliphatic carbocycles. The summed E-state index contributed by atoms with van der Waals surface area (Å²) in [5.74, 6) is 0.207. The van der Waals surface area contributed by atoms with Gasteiger partial charge >= 0.3 is 0 Å². The zero-order chi connectivity index (χ0) is 12.0. The van der Waals surface area contributed by atoms with E-state index in [2.05, 4.69) is 31.2 Å². The Morgan fingerprint density at radius 1 is 1.56 bits per heavy atom. The minimum absolute atomic E-state index is 0.227. The second-order valence-corrected chi connectivity index (χ2v) is 4.04. The Kier molecular flexibility index (Phi) is 4.97. The van der Waals surface area contributed by atoms with Gasteiger partial charge in [-0.15, -0.1) is 0 Å². The highest BCUT2D eigenvalue weighted by Crippen LogP contribution is 2.12. The molecule has 16 heavy (non-hydrogen) atoms. The van der Waals surface area contributed by atoms with Gasteiger partial charge in [-0.2, -0.15) is 0 Å². The molecule has 6 nitrogen and oxygen atoms in total. The van der Waals surface area contributed by atoms with E-state index in [0.717, 1.165) is 12.8 Å². The maximum Gasteiger partial charge on any atom is 0.267 e. The molecular formula is C9H13BrN4O2. The maximum absolute atomic E-state index is 11.2. The molecule has 1 aromatic rings. The SMILES string of the molecule is NC(=O)CCCCNc1nc[nH]c(=O)c1Br. The van der Waals surface area contributed by atoms with Gasteiger partial charge in [-0.05, 0) is 28.8 Å². The van der Waals surface area contributed by atoms with Crippen molar-refractivity contribution in [2.24, 2.45) is 5.73 Å². The van der Waals surface area contributed by atoms with E-state index in [4.69, 9.17) is 5.73 Å². The van der Waals surface area contributed by atoms with Gasteiger partial charge in [-0.25, -0.2) is 4.98 Å². The molecule has 88 valence electrons. The van der Waals surface area contributed by atoms with Crippen LogP contribution in [-0.4, -0.2) is 22.4 Å². The summed E-state index contributed by atoms with van der Waals surface area (Å²) in [5.41, 5.74) is 4.78. The third-order valence-electron chi connectivity index (χ3n) is 1.94. The average Bonchev–Trinajstić information content (AvgIpc) is 2.23. The smallest absolute Gasteiger partial charge is 0.267 e. The number of halogens is 1. The number of nitrogens with two attached hydrogens (primary N) is 1. The number of aromatic amines is 1. The van der Waals surface area contributed by atoms with E-state index in [1.54, 1.807) is 0 Å². The minimum atomic E-state index is -0.296. The van der Waals surface area contributed by atoms with E-state index in [-0.39, 0.29) is 11.5 Å². The molecule has 0 saturated carbocycles. The number of hydrogen-bond acceptors (Lipinski definition) is 4. The first-order valence-corrected chi connectivity index (χ1v) is 5.66. The Bertz CT molecular complexity index is 418. The van der Waals surface area contributed by atoms with E-state index in [9.17, 15) is 9.59 Å². The summed E-state index contributed by atoms with van der Waals surface area (Å²) in [7, 11) is 0. The molecule has 7 heteroatoms. The summed E-state index contributed by atoms with van der Waals surface area (Å²) in [4.78, 5) is 28.1. The van der Waals surface area contributed by atoms with Crippen LogP contribution in [0, 0.1) is 0 Å². The molecule has 1 heterocycles. The highest BCUT2D eigenvalue weighted by atomic mass is 79.9. The predicted molar refractivity (Wildman–Crippen MR) is 64.1 cm³/mol. The Morgan fingerprint density at radius 3 is 3.00 bits per heavy atom. The number of rotatable bonds is 6. The first-order valence-electron chi connectivity index (χ1n) is 4.86. The number of nitrogens with zero attached hydrogens (tertiary/aromatic N) is 1. The molecule has 0 radical (unpaired) electrons. The largest absolute Gasteiger partial charge is 0.370 e. The number of primary amides is 1. The summed E-state index contributed by atoms with van der Waals surface area (Å²) in [6, 6.07) is 0. The van der Waals surface area contributed by atoms with Crippen LogP contribution in [0.25, 0.3) is 0 Å². The maximum atomic E-state index is 11.2. The first kappa shape index (κ1) is 12.7. The second-order valence-electron chi connectivity index (χ2n) is 3.24. The number of unbranched alkanes of at least 4 members (excludes halogenated alkanes) is 1. The molecule has 0 bridgehead atoms. The van der Waals surface area contributed by atoms with Crippen molar-refractivity contribution in [1.29, 1.82) is 0 Å². The van der Waals surface area contributed by atoms with Crippen LogP contribution in [0.3, 0.4) is 0 Å². The monoisotopic (exact) mass is 288 g/mol. The number of carbonyl (C=O) groups is 1. The van der Waals surface area contributed by atoms with Crippen LogP contribution in [0.1, 0.15) is 19.3 Å². The van der Waals surface area contributed by atoms with Crippen LogP contribution >= 0.6 is 15.9 Å². The molecule has 0 aromatic carbocycles. The third-order valence-corrected chi connectivity index (χ3v) is 2.67. The van der Waals surface area contributed by atoms with Crippen LogP contribution in [0.5, 0.6) is 0 Å². The topological polar surface area (TPSA) is 101 Å². The van der Waals surface area contributed by atoms with Gasteiger partial charge in [0.1, 0.15) is 10.3 Å². The lowest BCUT2D eigenvalue weighted by Gasteiger charge is -2.05. The third kappa shape index (κ3) is 4.01. The summed E-state index contributed by atoms with van der Waals surface area (Å²) in [5, 5.41) is 3.00. The number of hydrogen-bond donors (Lipinski definition) is 3. The fourth-order valence-corrected chi connectivity index (χ4v) is 1.49. The predicted octanol–water partition coefficient (Wildman–Crippen LogP) is 0.600. The Hall–Kier alpha value is -1.37. The quantitative estimate of drug-likeness (QED) is 0.667. The summed E-state index contributed by atoms with van der Waals surface area (Å²) >= 11 is 3.13. The first-order chi connectivity index (χ1) is 7.61. The van der Waals surface area contributed by atoms with Crippen LogP contribution in [-0.2, 0) is 4.79 Å². The number of aromatic nitrogens is 2. The summed E-state index contributed by atoms with van der Waals surface area (Å²) in [6.07, 6.45) is 3.23. The molecule has 0 spiro atoms. The molecule has 4 N–H and O–H groups in total. The number of amides is 1. The molecule has 1 amide bonds. The van der Waals surface area contributed by atoms with Crippen LogP contribution in [0.15, 0.2) is 15.6 Å². The Labute approximate surface area is 101 Å². The van der Waals surface area contributed by atoms with Gasteiger partial charge in [0.2, 0.25) is 5.91 Å². The molecule has 0 unspecified atom stereocenters. The Morgan fingerprint density at radius 2 is 2.31 bits per heavy atom. The van der Waals surface area contributed by atoms with Gasteiger partial charge in [0.25, 0.3) is 5.56 Å². The number of anilines is 1. The van der Waals surface area contributed by atoms with E-state index in [1.165, 1.54) is 6.33 Å². The van der Waals surface area contributed by atoms with Gasteiger partial charge in [0, 0.05) is 13.0 Å². The van der Waals surface area contributed by atoms with Crippen molar-refractivity contribution in [3.8, 4) is 0 Å². The molecular weight excluding hydrogens is 276 g/mol. The van der Waals surface area contributed by atoms with Crippen molar-refractivity contribution < 1.29 is 4.79 Å². The van der Waals surface area contributed by atoms with Crippen LogP contribution in [0.2, 0.25) is 0 Å². The minimum Gasteiger partial charge on any atom is -0.370 e. The van der Waals surface area contributed by atoms with Crippen molar-refractivity contribution in [2.75, 3.05) is 11.9 Å². The molecule has 1 aromatic heterocycles. The van der Waals surface area contributed by atoms with Crippen molar-refractivity contribution in [1.82, 2.24) is 9.97 Å². The summed E-state index contributed by atoms with van der Waals surface area (Å²) in [6.45, 7) is 0.641. The van der Waals surface area contributed by atoms with E-state index < -0.39 is 0 Å². The van der Waals surface area contributed by atoms with Crippen molar-refractivity contribution in [2.45, 2.75) is 19.3 Å². The lowest BCUT2D eigenvalue weighted by molar-refractivity contribution is -0.118. The lowest BCUT2D eigenvalue weighted by Crippen LogP contribution is -2.14. The highest BCUT2D eigenvalue weighted by Gasteiger charge is 2.03. The number of carbonyl (C=O) groups excluding carboxylic acids is 1. The van der Waals surface area contributed by atoms with Gasteiger partial charge in [-0.1, -0.05) is 0 Å². The van der Waals surface area contributed by atoms with E-state index in [0.29, 0.717) is 23.3 Å². The van der Waals surface area contributed by atoms with E-state index >= 15 is 0 Å². The van der Waals surface area contributed by atoms with Crippen LogP contribution in [0.4, 0.5) is 5.82 Å². The van der Waals surface area contributed by atoms with E-state index in [1.807, 2.05) is 0 Å². The molecule has 0 aliphatic heterocycles. The number of H-pyrrole nitrogens is 1. The second kappa shape index (κ2) is 6.26. The van der Waals surface area contributed by atoms with Crippen molar-refractivity contribution in [3.63, 3.8) is 0 Å². The fourth-order valence-electron chi connectivity index (χ4n) is 1.14. The molecule has 0 saturated heterocycles. The highest BCUT2D eigenvalue weighted by molar-refractivity contribution is 9.10. The molecule has 0 atom stereocenters. The Balaban J connectivity index is 2.35. The van der Waals surface area contributed by atoms with Crippen LogP contribution < -0.4 is 16.6 Å². The van der Waals surface area contributed by atoms with Crippen molar-refractivity contribution in [3.05, 3.63) is 21.2 Å². The molecule has 1 rings (SSSR count). The molecule has 0 aliphatic rings. The summed E-state index contributed by atoms with van der Waals surface area (Å²) < 4.78 is 0.380. The lowest BCUT2D eigenvalue weighted by atomic mass is 10.2. The zero-order valence-electron chi connectivity index (χ0n) is 8.62. The fraction of sp³-hybridized carbons (Fsp3) is 0.444.